The fourth-order valence-corrected chi connectivity index (χ4v) is 3.11. The molecule has 18 heavy (non-hydrogen) atoms. The molecule has 2 unspecified atom stereocenters. The van der Waals surface area contributed by atoms with Gasteiger partial charge in [0.25, 0.3) is 0 Å². The lowest BCUT2D eigenvalue weighted by atomic mass is 9.81. The molecule has 0 bridgehead atoms. The van der Waals surface area contributed by atoms with E-state index < -0.39 is 0 Å². The summed E-state index contributed by atoms with van der Waals surface area (Å²) < 4.78 is 0. The van der Waals surface area contributed by atoms with Crippen LogP contribution < -0.4 is 5.73 Å². The van der Waals surface area contributed by atoms with Crippen LogP contribution >= 0.6 is 0 Å². The van der Waals surface area contributed by atoms with Gasteiger partial charge in [-0.05, 0) is 42.9 Å². The van der Waals surface area contributed by atoms with Gasteiger partial charge in [-0.15, -0.1) is 0 Å². The Kier molecular flexibility index (Phi) is 3.28. The number of pyridine rings is 1. The van der Waals surface area contributed by atoms with Gasteiger partial charge in [0, 0.05) is 17.6 Å². The van der Waals surface area contributed by atoms with Crippen molar-refractivity contribution >= 4 is 10.9 Å². The smallest absolute Gasteiger partial charge is 0.0704 e. The maximum Gasteiger partial charge on any atom is 0.0704 e. The van der Waals surface area contributed by atoms with Crippen molar-refractivity contribution in [3.63, 3.8) is 0 Å². The third kappa shape index (κ3) is 2.25. The molecule has 0 saturated heterocycles. The van der Waals surface area contributed by atoms with E-state index in [1.807, 2.05) is 12.3 Å². The molecular formula is C16H20N2. The molecule has 94 valence electrons. The highest BCUT2D eigenvalue weighted by atomic mass is 14.7. The van der Waals surface area contributed by atoms with Gasteiger partial charge in [0.05, 0.1) is 5.52 Å². The van der Waals surface area contributed by atoms with Crippen molar-refractivity contribution in [2.75, 3.05) is 0 Å². The third-order valence-corrected chi connectivity index (χ3v) is 4.19. The number of para-hydroxylation sites is 1. The number of hydrogen-bond acceptors (Lipinski definition) is 2. The van der Waals surface area contributed by atoms with E-state index >= 15 is 0 Å². The molecule has 1 heterocycles. The van der Waals surface area contributed by atoms with Gasteiger partial charge < -0.3 is 5.73 Å². The van der Waals surface area contributed by atoms with Crippen molar-refractivity contribution in [2.24, 2.45) is 11.7 Å². The minimum atomic E-state index is 0.380. The van der Waals surface area contributed by atoms with Crippen LogP contribution in [0.15, 0.2) is 36.5 Å². The summed E-state index contributed by atoms with van der Waals surface area (Å²) in [6.07, 6.45) is 8.12. The average molecular weight is 240 g/mol. The highest BCUT2D eigenvalue weighted by molar-refractivity contribution is 5.81. The van der Waals surface area contributed by atoms with Crippen molar-refractivity contribution in [1.82, 2.24) is 4.98 Å². The second-order valence-corrected chi connectivity index (χ2v) is 5.40. The Morgan fingerprint density at radius 1 is 1.11 bits per heavy atom. The molecule has 0 aliphatic heterocycles. The minimum absolute atomic E-state index is 0.380. The van der Waals surface area contributed by atoms with Gasteiger partial charge in [0.15, 0.2) is 0 Å². The van der Waals surface area contributed by atoms with Crippen molar-refractivity contribution in [2.45, 2.75) is 38.1 Å². The molecule has 1 fully saturated rings. The number of nitrogens with two attached hydrogens (primary N) is 1. The maximum atomic E-state index is 6.26. The summed E-state index contributed by atoms with van der Waals surface area (Å²) in [6.45, 7) is 0. The van der Waals surface area contributed by atoms with Gasteiger partial charge >= 0.3 is 0 Å². The first-order chi connectivity index (χ1) is 8.84. The largest absolute Gasteiger partial charge is 0.327 e. The maximum absolute atomic E-state index is 6.26. The molecule has 3 rings (SSSR count). The Morgan fingerprint density at radius 2 is 1.94 bits per heavy atom. The number of fused-ring (bicyclic) bond motifs is 1. The molecule has 0 radical (unpaired) electrons. The minimum Gasteiger partial charge on any atom is -0.327 e. The highest BCUT2D eigenvalue weighted by Crippen LogP contribution is 2.28. The van der Waals surface area contributed by atoms with Crippen LogP contribution in [-0.4, -0.2) is 11.0 Å². The lowest BCUT2D eigenvalue weighted by Crippen LogP contribution is -2.34. The molecule has 2 aromatic rings. The number of aromatic nitrogens is 1. The Balaban J connectivity index is 1.90. The first kappa shape index (κ1) is 11.7. The standard InChI is InChI=1S/C16H20N2/c17-15-7-3-1-5-13(15)11-12-9-10-18-16-8-4-2-6-14(12)16/h2,4,6,8-10,13,15H,1,3,5,7,11,17H2. The second-order valence-electron chi connectivity index (χ2n) is 5.40. The van der Waals surface area contributed by atoms with Gasteiger partial charge in [0.2, 0.25) is 0 Å². The zero-order valence-corrected chi connectivity index (χ0v) is 10.7. The molecule has 0 amide bonds. The third-order valence-electron chi connectivity index (χ3n) is 4.19. The van der Waals surface area contributed by atoms with E-state index in [4.69, 9.17) is 5.73 Å². The molecule has 1 aliphatic carbocycles. The van der Waals surface area contributed by atoms with Crippen molar-refractivity contribution in [1.29, 1.82) is 0 Å². The molecule has 2 N–H and O–H groups in total. The first-order valence-electron chi connectivity index (χ1n) is 6.93. The van der Waals surface area contributed by atoms with Gasteiger partial charge in [-0.25, -0.2) is 0 Å². The van der Waals surface area contributed by atoms with Crippen LogP contribution in [0.3, 0.4) is 0 Å². The SMILES string of the molecule is NC1CCCCC1Cc1ccnc2ccccc12. The summed E-state index contributed by atoms with van der Waals surface area (Å²) in [5.41, 5.74) is 8.76. The molecule has 2 heteroatoms. The zero-order valence-electron chi connectivity index (χ0n) is 10.7. The molecule has 1 aromatic heterocycles. The average Bonchev–Trinajstić information content (AvgIpc) is 2.42. The molecular weight excluding hydrogens is 220 g/mol. The predicted octanol–water partition coefficient (Wildman–Crippen LogP) is 3.29. The van der Waals surface area contributed by atoms with E-state index in [0.29, 0.717) is 12.0 Å². The summed E-state index contributed by atoms with van der Waals surface area (Å²) in [5, 5.41) is 1.29. The highest BCUT2D eigenvalue weighted by Gasteiger charge is 2.22. The Hall–Kier alpha value is -1.41. The second kappa shape index (κ2) is 5.07. The summed E-state index contributed by atoms with van der Waals surface area (Å²) in [6, 6.07) is 10.9. The van der Waals surface area contributed by atoms with E-state index in [9.17, 15) is 0 Å². The topological polar surface area (TPSA) is 38.9 Å². The summed E-state index contributed by atoms with van der Waals surface area (Å²) in [4.78, 5) is 4.42. The van der Waals surface area contributed by atoms with Crippen LogP contribution in [0.5, 0.6) is 0 Å². The van der Waals surface area contributed by atoms with Crippen LogP contribution in [0.1, 0.15) is 31.2 Å². The normalized spacial score (nSPS) is 24.3. The number of rotatable bonds is 2. The number of nitrogens with zero attached hydrogens (tertiary/aromatic N) is 1. The molecule has 2 nitrogen and oxygen atoms in total. The van der Waals surface area contributed by atoms with Crippen LogP contribution in [0, 0.1) is 5.92 Å². The van der Waals surface area contributed by atoms with E-state index in [-0.39, 0.29) is 0 Å². The van der Waals surface area contributed by atoms with Gasteiger partial charge in [-0.1, -0.05) is 31.0 Å². The molecule has 1 saturated carbocycles. The Morgan fingerprint density at radius 3 is 2.83 bits per heavy atom. The van der Waals surface area contributed by atoms with Crippen molar-refractivity contribution in [3.05, 3.63) is 42.1 Å². The van der Waals surface area contributed by atoms with E-state index in [2.05, 4.69) is 29.2 Å². The molecule has 1 aliphatic rings. The lowest BCUT2D eigenvalue weighted by Gasteiger charge is -2.28. The molecule has 0 spiro atoms. The predicted molar refractivity (Wildman–Crippen MR) is 75.4 cm³/mol. The molecule has 2 atom stereocenters. The van der Waals surface area contributed by atoms with Crippen LogP contribution in [0.4, 0.5) is 0 Å². The lowest BCUT2D eigenvalue weighted by molar-refractivity contribution is 0.307. The number of hydrogen-bond donors (Lipinski definition) is 1. The first-order valence-corrected chi connectivity index (χ1v) is 6.93. The summed E-state index contributed by atoms with van der Waals surface area (Å²) in [7, 11) is 0. The fraction of sp³-hybridized carbons (Fsp3) is 0.438. The summed E-state index contributed by atoms with van der Waals surface area (Å²) >= 11 is 0. The molecule has 1 aromatic carbocycles. The quantitative estimate of drug-likeness (QED) is 0.874. The van der Waals surface area contributed by atoms with E-state index in [1.54, 1.807) is 0 Å². The van der Waals surface area contributed by atoms with Gasteiger partial charge in [-0.2, -0.15) is 0 Å². The fourth-order valence-electron chi connectivity index (χ4n) is 3.11. The van der Waals surface area contributed by atoms with E-state index in [0.717, 1.165) is 11.9 Å². The Bertz CT molecular complexity index is 530. The van der Waals surface area contributed by atoms with Crippen molar-refractivity contribution < 1.29 is 0 Å². The number of benzene rings is 1. The van der Waals surface area contributed by atoms with Crippen LogP contribution in [0.25, 0.3) is 10.9 Å². The van der Waals surface area contributed by atoms with Crippen molar-refractivity contribution in [3.8, 4) is 0 Å². The monoisotopic (exact) mass is 240 g/mol. The zero-order chi connectivity index (χ0) is 12.4. The Labute approximate surface area is 108 Å². The van der Waals surface area contributed by atoms with E-state index in [1.165, 1.54) is 36.6 Å². The van der Waals surface area contributed by atoms with Crippen LogP contribution in [-0.2, 0) is 6.42 Å². The van der Waals surface area contributed by atoms with Gasteiger partial charge in [-0.3, -0.25) is 4.98 Å². The van der Waals surface area contributed by atoms with Gasteiger partial charge in [0.1, 0.15) is 0 Å². The summed E-state index contributed by atoms with van der Waals surface area (Å²) in [5.74, 6) is 0.643. The van der Waals surface area contributed by atoms with Crippen LogP contribution in [0.2, 0.25) is 0 Å².